The van der Waals surface area contributed by atoms with Crippen LogP contribution in [0.15, 0.2) is 12.2 Å². The molecule has 138 valence electrons. The molecule has 0 aromatic carbocycles. The van der Waals surface area contributed by atoms with Crippen LogP contribution >= 0.6 is 0 Å². The van der Waals surface area contributed by atoms with Gasteiger partial charge in [0, 0.05) is 24.9 Å². The third kappa shape index (κ3) is 1.75. The fourth-order valence-electron chi connectivity index (χ4n) is 7.22. The monoisotopic (exact) mass is 348 g/mol. The van der Waals surface area contributed by atoms with Crippen molar-refractivity contribution in [2.24, 2.45) is 34.0 Å². The van der Waals surface area contributed by atoms with Crippen LogP contribution in [0.3, 0.4) is 0 Å². The Hall–Kier alpha value is -1.04. The van der Waals surface area contributed by atoms with E-state index in [1.54, 1.807) is 0 Å². The van der Waals surface area contributed by atoms with Gasteiger partial charge in [-0.2, -0.15) is 0 Å². The lowest BCUT2D eigenvalue weighted by atomic mass is 9.39. The Balaban J connectivity index is 1.92. The smallest absolute Gasteiger partial charge is 0.170 e. The number of ketones is 2. The van der Waals surface area contributed by atoms with Crippen LogP contribution in [0.25, 0.3) is 0 Å². The van der Waals surface area contributed by atoms with Crippen LogP contribution in [-0.4, -0.2) is 45.7 Å². The lowest BCUT2D eigenvalue weighted by Gasteiger charge is -2.64. The van der Waals surface area contributed by atoms with E-state index in [2.05, 4.69) is 6.58 Å². The van der Waals surface area contributed by atoms with E-state index in [-0.39, 0.29) is 35.9 Å². The molecule has 0 aromatic rings. The van der Waals surface area contributed by atoms with Crippen molar-refractivity contribution < 1.29 is 24.9 Å². The molecule has 1 spiro atoms. The average Bonchev–Trinajstić information content (AvgIpc) is 2.68. The minimum absolute atomic E-state index is 0.000277. The van der Waals surface area contributed by atoms with Crippen LogP contribution in [0.5, 0.6) is 0 Å². The highest BCUT2D eigenvalue weighted by molar-refractivity contribution is 6.09. The second-order valence-electron chi connectivity index (χ2n) is 9.42. The number of Topliss-reactive ketones (excluding diaryl/α,β-unsaturated/α-hetero) is 2. The Kier molecular flexibility index (Phi) is 3.49. The van der Waals surface area contributed by atoms with Crippen LogP contribution in [0.4, 0.5) is 0 Å². The number of rotatable bonds is 1. The summed E-state index contributed by atoms with van der Waals surface area (Å²) in [6.07, 6.45) is 0.835. The maximum atomic E-state index is 13.1. The molecule has 4 saturated carbocycles. The van der Waals surface area contributed by atoms with Crippen LogP contribution in [-0.2, 0) is 9.59 Å². The Morgan fingerprint density at radius 1 is 1.20 bits per heavy atom. The van der Waals surface area contributed by atoms with Crippen molar-refractivity contribution in [2.45, 2.75) is 58.2 Å². The summed E-state index contributed by atoms with van der Waals surface area (Å²) in [6.45, 7) is 7.89. The first kappa shape index (κ1) is 17.4. The molecule has 4 aliphatic carbocycles. The van der Waals surface area contributed by atoms with E-state index in [1.807, 2.05) is 13.8 Å². The molecule has 0 radical (unpaired) electrons. The van der Waals surface area contributed by atoms with Crippen molar-refractivity contribution >= 4 is 11.6 Å². The zero-order chi connectivity index (χ0) is 18.4. The number of carbonyl (C=O) groups is 2. The van der Waals surface area contributed by atoms with Crippen LogP contribution < -0.4 is 0 Å². The van der Waals surface area contributed by atoms with E-state index in [0.29, 0.717) is 12.0 Å². The van der Waals surface area contributed by atoms with Gasteiger partial charge in [0.1, 0.15) is 5.78 Å². The molecule has 4 aliphatic rings. The zero-order valence-electron chi connectivity index (χ0n) is 15.0. The van der Waals surface area contributed by atoms with Gasteiger partial charge in [-0.1, -0.05) is 26.8 Å². The highest BCUT2D eigenvalue weighted by Crippen LogP contribution is 2.70. The molecule has 0 unspecified atom stereocenters. The molecule has 0 saturated heterocycles. The zero-order valence-corrected chi connectivity index (χ0v) is 15.0. The molecular weight excluding hydrogens is 320 g/mol. The SMILES string of the molecule is C=C1C(=O)[C@@]23[C@H](O)C[C@@H]4[C@](C)(CO)CCC[C@@]4(C)[C@@H]2C(=O)C[C@@H]1[C@H]3O. The van der Waals surface area contributed by atoms with Crippen LogP contribution in [0.1, 0.15) is 46.0 Å². The van der Waals surface area contributed by atoms with E-state index in [0.717, 1.165) is 19.3 Å². The summed E-state index contributed by atoms with van der Waals surface area (Å²) in [6, 6.07) is 0. The number of carbonyl (C=O) groups excluding carboxylic acids is 2. The molecule has 0 aromatic heterocycles. The first-order valence-corrected chi connectivity index (χ1v) is 9.38. The van der Waals surface area contributed by atoms with E-state index in [1.165, 1.54) is 0 Å². The topological polar surface area (TPSA) is 94.8 Å². The molecule has 4 fully saturated rings. The molecule has 5 nitrogen and oxygen atoms in total. The molecule has 0 aliphatic heterocycles. The largest absolute Gasteiger partial charge is 0.396 e. The van der Waals surface area contributed by atoms with Gasteiger partial charge in [-0.05, 0) is 41.6 Å². The molecule has 2 bridgehead atoms. The van der Waals surface area contributed by atoms with E-state index < -0.39 is 34.9 Å². The minimum atomic E-state index is -1.43. The minimum Gasteiger partial charge on any atom is -0.396 e. The first-order chi connectivity index (χ1) is 11.6. The summed E-state index contributed by atoms with van der Waals surface area (Å²) >= 11 is 0. The van der Waals surface area contributed by atoms with Gasteiger partial charge >= 0.3 is 0 Å². The molecule has 25 heavy (non-hydrogen) atoms. The summed E-state index contributed by atoms with van der Waals surface area (Å²) in [5.41, 5.74) is -2.02. The van der Waals surface area contributed by atoms with Crippen molar-refractivity contribution in [2.75, 3.05) is 6.61 Å². The lowest BCUT2D eigenvalue weighted by molar-refractivity contribution is -0.225. The van der Waals surface area contributed by atoms with E-state index >= 15 is 0 Å². The Labute approximate surface area is 148 Å². The van der Waals surface area contributed by atoms with E-state index in [9.17, 15) is 24.9 Å². The standard InChI is InChI=1S/C20H28O5/c1-10-11-7-12(22)15-19(3)6-4-5-18(2,9-21)13(19)8-14(23)20(15,16(10)24)17(11)25/h11,13-15,17,21,23,25H,1,4-9H2,2-3H3/t11-,13+,14+,15-,17+,18-,19+,20+/m0/s1. The van der Waals surface area contributed by atoms with Crippen molar-refractivity contribution in [3.8, 4) is 0 Å². The van der Waals surface area contributed by atoms with Crippen molar-refractivity contribution in [1.82, 2.24) is 0 Å². The van der Waals surface area contributed by atoms with Gasteiger partial charge < -0.3 is 15.3 Å². The molecule has 4 rings (SSSR count). The second-order valence-corrected chi connectivity index (χ2v) is 9.42. The summed E-state index contributed by atoms with van der Waals surface area (Å²) in [5, 5.41) is 32.1. The van der Waals surface area contributed by atoms with Gasteiger partial charge in [-0.15, -0.1) is 0 Å². The van der Waals surface area contributed by atoms with E-state index in [4.69, 9.17) is 0 Å². The molecule has 8 atom stereocenters. The molecule has 0 amide bonds. The average molecular weight is 348 g/mol. The number of hydrogen-bond donors (Lipinski definition) is 3. The maximum absolute atomic E-state index is 13.1. The van der Waals surface area contributed by atoms with Crippen LogP contribution in [0, 0.1) is 34.0 Å². The van der Waals surface area contributed by atoms with Gasteiger partial charge in [0.05, 0.1) is 17.6 Å². The number of hydrogen-bond acceptors (Lipinski definition) is 5. The Bertz CT molecular complexity index is 671. The lowest BCUT2D eigenvalue weighted by Crippen LogP contribution is -2.69. The quantitative estimate of drug-likeness (QED) is 0.620. The highest BCUT2D eigenvalue weighted by Gasteiger charge is 2.76. The fourth-order valence-corrected chi connectivity index (χ4v) is 7.22. The summed E-state index contributed by atoms with van der Waals surface area (Å²) in [5.74, 6) is -1.66. The molecule has 5 heteroatoms. The maximum Gasteiger partial charge on any atom is 0.170 e. The molecule has 0 heterocycles. The first-order valence-electron chi connectivity index (χ1n) is 9.38. The van der Waals surface area contributed by atoms with Gasteiger partial charge in [0.15, 0.2) is 5.78 Å². The predicted octanol–water partition coefficient (Wildman–Crippen LogP) is 1.25. The number of aliphatic hydroxyl groups excluding tert-OH is 3. The third-order valence-corrected chi connectivity index (χ3v) is 8.36. The number of aliphatic hydroxyl groups is 3. The normalized spacial score (nSPS) is 55.1. The molecule has 3 N–H and O–H groups in total. The highest BCUT2D eigenvalue weighted by atomic mass is 16.3. The third-order valence-electron chi connectivity index (χ3n) is 8.36. The Morgan fingerprint density at radius 3 is 2.52 bits per heavy atom. The van der Waals surface area contributed by atoms with Gasteiger partial charge in [0.2, 0.25) is 0 Å². The van der Waals surface area contributed by atoms with Gasteiger partial charge in [-0.3, -0.25) is 9.59 Å². The van der Waals surface area contributed by atoms with Crippen molar-refractivity contribution in [1.29, 1.82) is 0 Å². The van der Waals surface area contributed by atoms with Crippen molar-refractivity contribution in [3.63, 3.8) is 0 Å². The van der Waals surface area contributed by atoms with Crippen LogP contribution in [0.2, 0.25) is 0 Å². The van der Waals surface area contributed by atoms with Gasteiger partial charge in [0.25, 0.3) is 0 Å². The fraction of sp³-hybridized carbons (Fsp3) is 0.800. The molecular formula is C20H28O5. The summed E-state index contributed by atoms with van der Waals surface area (Å²) in [7, 11) is 0. The second kappa shape index (κ2) is 5.02. The summed E-state index contributed by atoms with van der Waals surface area (Å²) in [4.78, 5) is 26.3. The van der Waals surface area contributed by atoms with Crippen molar-refractivity contribution in [3.05, 3.63) is 12.2 Å². The predicted molar refractivity (Wildman–Crippen MR) is 90.5 cm³/mol. The Morgan fingerprint density at radius 2 is 1.88 bits per heavy atom. The number of fused-ring (bicyclic) bond motifs is 3. The van der Waals surface area contributed by atoms with Gasteiger partial charge in [-0.25, -0.2) is 0 Å². The summed E-state index contributed by atoms with van der Waals surface area (Å²) < 4.78 is 0.